The first-order chi connectivity index (χ1) is 11.2. The van der Waals surface area contributed by atoms with Crippen LogP contribution >= 0.6 is 0 Å². The van der Waals surface area contributed by atoms with Crippen molar-refractivity contribution in [1.29, 1.82) is 0 Å². The lowest BCUT2D eigenvalue weighted by molar-refractivity contribution is -0.161. The zero-order chi connectivity index (χ0) is 15.8. The smallest absolute Gasteiger partial charge is 0.227 e. The van der Waals surface area contributed by atoms with Crippen molar-refractivity contribution < 1.29 is 14.3 Å². The van der Waals surface area contributed by atoms with Crippen LogP contribution in [0.4, 0.5) is 0 Å². The summed E-state index contributed by atoms with van der Waals surface area (Å²) in [4.78, 5) is 18.1. The predicted molar refractivity (Wildman–Crippen MR) is 87.4 cm³/mol. The van der Waals surface area contributed by atoms with E-state index in [-0.39, 0.29) is 18.1 Å². The minimum absolute atomic E-state index is 0.0343. The number of fused-ring (bicyclic) bond motifs is 2. The highest BCUT2D eigenvalue weighted by Gasteiger charge is 2.37. The van der Waals surface area contributed by atoms with Crippen LogP contribution < -0.4 is 0 Å². The lowest BCUT2D eigenvalue weighted by Gasteiger charge is -2.43. The second kappa shape index (κ2) is 5.98. The Bertz CT molecular complexity index is 722. The molecule has 1 N–H and O–H groups in total. The largest absolute Gasteiger partial charge is 0.379 e. The molecule has 5 nitrogen and oxygen atoms in total. The molecule has 1 aromatic carbocycles. The first-order valence-electron chi connectivity index (χ1n) is 8.28. The molecule has 1 amide bonds. The number of amides is 1. The van der Waals surface area contributed by atoms with Crippen LogP contribution in [0.25, 0.3) is 10.9 Å². The number of aromatic nitrogens is 1. The number of carbonyl (C=O) groups excluding carboxylic acids is 1. The van der Waals surface area contributed by atoms with E-state index in [1.165, 1.54) is 5.56 Å². The summed E-state index contributed by atoms with van der Waals surface area (Å²) < 4.78 is 11.2. The number of ether oxygens (including phenoxy) is 2. The van der Waals surface area contributed by atoms with Gasteiger partial charge in [0.25, 0.3) is 0 Å². The molecule has 4 rings (SSSR count). The van der Waals surface area contributed by atoms with Crippen molar-refractivity contribution in [3.63, 3.8) is 0 Å². The fourth-order valence-electron chi connectivity index (χ4n) is 3.71. The third-order valence-electron chi connectivity index (χ3n) is 4.92. The zero-order valence-corrected chi connectivity index (χ0v) is 13.4. The number of carbonyl (C=O) groups is 1. The maximum Gasteiger partial charge on any atom is 0.227 e. The highest BCUT2D eigenvalue weighted by Crippen LogP contribution is 2.25. The molecule has 2 saturated heterocycles. The van der Waals surface area contributed by atoms with Gasteiger partial charge in [-0.3, -0.25) is 4.79 Å². The van der Waals surface area contributed by atoms with Gasteiger partial charge in [-0.15, -0.1) is 0 Å². The maximum absolute atomic E-state index is 12.8. The molecule has 2 aromatic rings. The number of hydrogen-bond donors (Lipinski definition) is 1. The summed E-state index contributed by atoms with van der Waals surface area (Å²) in [5.74, 6) is 0.187. The van der Waals surface area contributed by atoms with E-state index in [0.29, 0.717) is 32.8 Å². The summed E-state index contributed by atoms with van der Waals surface area (Å²) in [7, 11) is 0. The van der Waals surface area contributed by atoms with Crippen LogP contribution in [0.2, 0.25) is 0 Å². The average Bonchev–Trinajstić information content (AvgIpc) is 2.96. The molecular weight excluding hydrogens is 292 g/mol. The fraction of sp³-hybridized carbons (Fsp3) is 0.500. The molecule has 0 bridgehead atoms. The van der Waals surface area contributed by atoms with E-state index in [4.69, 9.17) is 9.47 Å². The molecule has 2 aliphatic rings. The van der Waals surface area contributed by atoms with Gasteiger partial charge < -0.3 is 19.4 Å². The Morgan fingerprint density at radius 3 is 3.22 bits per heavy atom. The topological polar surface area (TPSA) is 54.6 Å². The number of morpholine rings is 1. The van der Waals surface area contributed by atoms with Gasteiger partial charge in [0.05, 0.1) is 25.7 Å². The first-order valence-corrected chi connectivity index (χ1v) is 8.28. The van der Waals surface area contributed by atoms with Crippen molar-refractivity contribution in [2.75, 3.05) is 26.4 Å². The Morgan fingerprint density at radius 1 is 1.39 bits per heavy atom. The molecule has 0 aliphatic carbocycles. The van der Waals surface area contributed by atoms with Crippen molar-refractivity contribution in [2.24, 2.45) is 0 Å². The maximum atomic E-state index is 12.8. The number of H-pyrrole nitrogens is 1. The van der Waals surface area contributed by atoms with Gasteiger partial charge in [-0.25, -0.2) is 0 Å². The molecule has 2 aliphatic heterocycles. The highest BCUT2D eigenvalue weighted by atomic mass is 16.5. The standard InChI is InChI=1S/C18H22N2O3/c1-12-2-3-14-13(10-19-15(14)8-12)9-18(21)20-5-7-23-17-11-22-6-4-16(17)20/h2-3,8,10,16-17,19H,4-7,9,11H2,1H3/t16-,17+/m1/s1. The van der Waals surface area contributed by atoms with Crippen molar-refractivity contribution in [1.82, 2.24) is 9.88 Å². The summed E-state index contributed by atoms with van der Waals surface area (Å²) in [6.07, 6.45) is 3.30. The van der Waals surface area contributed by atoms with Crippen LogP contribution in [0.15, 0.2) is 24.4 Å². The molecule has 2 atom stereocenters. The van der Waals surface area contributed by atoms with Gasteiger partial charge in [0.15, 0.2) is 0 Å². The van der Waals surface area contributed by atoms with Gasteiger partial charge in [0, 0.05) is 30.3 Å². The number of aromatic amines is 1. The SMILES string of the molecule is Cc1ccc2c(CC(=O)N3CCO[C@H]4COCC[C@H]43)c[nH]c2c1. The average molecular weight is 314 g/mol. The van der Waals surface area contributed by atoms with E-state index in [1.54, 1.807) is 0 Å². The number of benzene rings is 1. The van der Waals surface area contributed by atoms with Gasteiger partial charge in [-0.05, 0) is 30.5 Å². The number of nitrogens with one attached hydrogen (secondary N) is 1. The molecule has 2 fully saturated rings. The monoisotopic (exact) mass is 314 g/mol. The molecule has 3 heterocycles. The molecule has 1 aromatic heterocycles. The van der Waals surface area contributed by atoms with Crippen molar-refractivity contribution in [3.05, 3.63) is 35.5 Å². The number of rotatable bonds is 2. The van der Waals surface area contributed by atoms with Crippen LogP contribution in [-0.2, 0) is 20.7 Å². The molecular formula is C18H22N2O3. The van der Waals surface area contributed by atoms with Crippen LogP contribution in [0.3, 0.4) is 0 Å². The second-order valence-electron chi connectivity index (χ2n) is 6.47. The van der Waals surface area contributed by atoms with E-state index in [2.05, 4.69) is 30.1 Å². The van der Waals surface area contributed by atoms with Crippen molar-refractivity contribution in [2.45, 2.75) is 31.9 Å². The van der Waals surface area contributed by atoms with Gasteiger partial charge >= 0.3 is 0 Å². The fourth-order valence-corrected chi connectivity index (χ4v) is 3.71. The van der Waals surface area contributed by atoms with Gasteiger partial charge in [0.1, 0.15) is 6.10 Å². The van der Waals surface area contributed by atoms with E-state index >= 15 is 0 Å². The number of nitrogens with zero attached hydrogens (tertiary/aromatic N) is 1. The molecule has 5 heteroatoms. The summed E-state index contributed by atoms with van der Waals surface area (Å²) in [6.45, 7) is 4.66. The van der Waals surface area contributed by atoms with Gasteiger partial charge in [-0.2, -0.15) is 0 Å². The lowest BCUT2D eigenvalue weighted by atomic mass is 10.0. The van der Waals surface area contributed by atoms with Crippen LogP contribution in [0.5, 0.6) is 0 Å². The van der Waals surface area contributed by atoms with E-state index < -0.39 is 0 Å². The molecule has 0 saturated carbocycles. The first kappa shape index (κ1) is 14.7. The van der Waals surface area contributed by atoms with Crippen molar-refractivity contribution in [3.8, 4) is 0 Å². The van der Waals surface area contributed by atoms with E-state index in [1.807, 2.05) is 11.1 Å². The van der Waals surface area contributed by atoms with Crippen LogP contribution in [0.1, 0.15) is 17.5 Å². The third-order valence-corrected chi connectivity index (χ3v) is 4.92. The number of aryl methyl sites for hydroxylation is 1. The van der Waals surface area contributed by atoms with Gasteiger partial charge in [-0.1, -0.05) is 12.1 Å². The summed E-state index contributed by atoms with van der Waals surface area (Å²) in [6, 6.07) is 6.47. The van der Waals surface area contributed by atoms with E-state index in [0.717, 1.165) is 22.9 Å². The van der Waals surface area contributed by atoms with Crippen LogP contribution in [-0.4, -0.2) is 54.3 Å². The quantitative estimate of drug-likeness (QED) is 0.923. The predicted octanol–water partition coefficient (Wildman–Crippen LogP) is 2.04. The Morgan fingerprint density at radius 2 is 2.30 bits per heavy atom. The molecule has 23 heavy (non-hydrogen) atoms. The lowest BCUT2D eigenvalue weighted by Crippen LogP contribution is -2.57. The molecule has 0 spiro atoms. The molecule has 0 radical (unpaired) electrons. The van der Waals surface area contributed by atoms with Crippen LogP contribution in [0, 0.1) is 6.92 Å². The molecule has 122 valence electrons. The normalized spacial score (nSPS) is 24.7. The minimum Gasteiger partial charge on any atom is -0.379 e. The van der Waals surface area contributed by atoms with E-state index in [9.17, 15) is 4.79 Å². The zero-order valence-electron chi connectivity index (χ0n) is 13.4. The Hall–Kier alpha value is -1.85. The summed E-state index contributed by atoms with van der Waals surface area (Å²) in [5.41, 5.74) is 3.38. The van der Waals surface area contributed by atoms with Crippen molar-refractivity contribution >= 4 is 16.8 Å². The summed E-state index contributed by atoms with van der Waals surface area (Å²) in [5, 5.41) is 1.14. The number of hydrogen-bond acceptors (Lipinski definition) is 3. The summed E-state index contributed by atoms with van der Waals surface area (Å²) >= 11 is 0. The Labute approximate surface area is 135 Å². The van der Waals surface area contributed by atoms with Gasteiger partial charge in [0.2, 0.25) is 5.91 Å². The third kappa shape index (κ3) is 2.75. The highest BCUT2D eigenvalue weighted by molar-refractivity contribution is 5.89. The Kier molecular flexibility index (Phi) is 3.83. The second-order valence-corrected chi connectivity index (χ2v) is 6.47. The Balaban J connectivity index is 1.54. The minimum atomic E-state index is 0.0343. The molecule has 0 unspecified atom stereocenters.